The molecular weight excluding hydrogens is 436 g/mol. The van der Waals surface area contributed by atoms with Gasteiger partial charge in [-0.05, 0) is 32.0 Å². The van der Waals surface area contributed by atoms with E-state index in [1.54, 1.807) is 6.07 Å². The molecule has 2 aromatic heterocycles. The number of nitrogens with one attached hydrogen (secondary N) is 1. The summed E-state index contributed by atoms with van der Waals surface area (Å²) in [7, 11) is 0. The van der Waals surface area contributed by atoms with Gasteiger partial charge in [0, 0.05) is 18.2 Å². The van der Waals surface area contributed by atoms with Crippen LogP contribution in [0.4, 0.5) is 0 Å². The van der Waals surface area contributed by atoms with Crippen LogP contribution in [0.1, 0.15) is 11.3 Å². The van der Waals surface area contributed by atoms with Crippen molar-refractivity contribution in [2.45, 2.75) is 20.4 Å². The van der Waals surface area contributed by atoms with Gasteiger partial charge in [0.1, 0.15) is 16.5 Å². The zero-order valence-electron chi connectivity index (χ0n) is 18.4. The summed E-state index contributed by atoms with van der Waals surface area (Å²) in [5, 5.41) is 8.17. The summed E-state index contributed by atoms with van der Waals surface area (Å²) in [5.74, 6) is 0.377. The maximum absolute atomic E-state index is 12.3. The summed E-state index contributed by atoms with van der Waals surface area (Å²) < 4.78 is 6.84. The van der Waals surface area contributed by atoms with Gasteiger partial charge in [0.05, 0.1) is 17.1 Å². The fourth-order valence-electron chi connectivity index (χ4n) is 3.20. The Morgan fingerprint density at radius 1 is 1.03 bits per heavy atom. The minimum absolute atomic E-state index is 0.0895. The van der Waals surface area contributed by atoms with Crippen LogP contribution in [0.2, 0.25) is 0 Å². The van der Waals surface area contributed by atoms with Gasteiger partial charge in [-0.1, -0.05) is 48.0 Å². The lowest BCUT2D eigenvalue weighted by Crippen LogP contribution is -2.34. The summed E-state index contributed by atoms with van der Waals surface area (Å²) in [4.78, 5) is 29.9. The van der Waals surface area contributed by atoms with Crippen molar-refractivity contribution < 1.29 is 9.53 Å². The predicted molar refractivity (Wildman–Crippen MR) is 129 cm³/mol. The highest BCUT2D eigenvalue weighted by Crippen LogP contribution is 2.33. The molecule has 2 aromatic carbocycles. The molecule has 0 aliphatic heterocycles. The van der Waals surface area contributed by atoms with Crippen LogP contribution < -0.4 is 15.6 Å². The summed E-state index contributed by atoms with van der Waals surface area (Å²) in [6, 6.07) is 20.6. The van der Waals surface area contributed by atoms with Gasteiger partial charge in [-0.25, -0.2) is 9.67 Å². The lowest BCUT2D eigenvalue weighted by atomic mass is 10.2. The number of rotatable bonds is 8. The van der Waals surface area contributed by atoms with E-state index in [0.717, 1.165) is 26.7 Å². The standard InChI is InChI=1S/C25H24N4O3S/c1-17-8-10-20(11-9-17)32-16-22(30)26-14-15-29-23(31)13-12-21(28-29)24-18(2)27-25(33-24)19-6-4-3-5-7-19/h3-13H,14-16H2,1-2H3,(H,26,30). The molecule has 1 amide bonds. The Kier molecular flexibility index (Phi) is 6.95. The summed E-state index contributed by atoms with van der Waals surface area (Å²) >= 11 is 1.54. The molecule has 0 unspecified atom stereocenters. The van der Waals surface area contributed by atoms with E-state index in [1.165, 1.54) is 22.1 Å². The van der Waals surface area contributed by atoms with Crippen molar-refractivity contribution in [1.29, 1.82) is 0 Å². The van der Waals surface area contributed by atoms with Gasteiger partial charge in [-0.15, -0.1) is 11.3 Å². The van der Waals surface area contributed by atoms with E-state index in [2.05, 4.69) is 15.4 Å². The van der Waals surface area contributed by atoms with Crippen molar-refractivity contribution >= 4 is 17.2 Å². The van der Waals surface area contributed by atoms with Gasteiger partial charge in [0.2, 0.25) is 0 Å². The fourth-order valence-corrected chi connectivity index (χ4v) is 4.24. The molecule has 4 aromatic rings. The first-order valence-electron chi connectivity index (χ1n) is 10.6. The van der Waals surface area contributed by atoms with E-state index in [-0.39, 0.29) is 31.2 Å². The first-order valence-corrected chi connectivity index (χ1v) is 11.4. The normalized spacial score (nSPS) is 10.7. The lowest BCUT2D eigenvalue weighted by molar-refractivity contribution is -0.123. The molecule has 1 N–H and O–H groups in total. The van der Waals surface area contributed by atoms with Gasteiger partial charge in [0.15, 0.2) is 6.61 Å². The second-order valence-corrected chi connectivity index (χ2v) is 8.53. The van der Waals surface area contributed by atoms with Crippen molar-refractivity contribution in [3.8, 4) is 26.9 Å². The molecule has 8 heteroatoms. The van der Waals surface area contributed by atoms with E-state index in [9.17, 15) is 9.59 Å². The van der Waals surface area contributed by atoms with Crippen LogP contribution in [-0.2, 0) is 11.3 Å². The Labute approximate surface area is 195 Å². The molecule has 0 radical (unpaired) electrons. The highest BCUT2D eigenvalue weighted by atomic mass is 32.1. The number of hydrogen-bond acceptors (Lipinski definition) is 6. The van der Waals surface area contributed by atoms with Crippen molar-refractivity contribution in [1.82, 2.24) is 20.1 Å². The molecule has 2 heterocycles. The van der Waals surface area contributed by atoms with Crippen molar-refractivity contribution in [3.05, 3.63) is 88.3 Å². The molecule has 0 aliphatic carbocycles. The minimum Gasteiger partial charge on any atom is -0.484 e. The monoisotopic (exact) mass is 460 g/mol. The molecule has 0 saturated carbocycles. The van der Waals surface area contributed by atoms with Crippen LogP contribution in [0.15, 0.2) is 71.5 Å². The number of amides is 1. The zero-order valence-corrected chi connectivity index (χ0v) is 19.3. The Hall–Kier alpha value is -3.78. The maximum Gasteiger partial charge on any atom is 0.266 e. The molecule has 0 saturated heterocycles. The Morgan fingerprint density at radius 2 is 1.79 bits per heavy atom. The third-order valence-corrected chi connectivity index (χ3v) is 6.18. The molecule has 0 aliphatic rings. The average molecular weight is 461 g/mol. The second kappa shape index (κ2) is 10.2. The first kappa shape index (κ1) is 22.4. The van der Waals surface area contributed by atoms with E-state index in [1.807, 2.05) is 68.4 Å². The van der Waals surface area contributed by atoms with Crippen LogP contribution in [0.3, 0.4) is 0 Å². The van der Waals surface area contributed by atoms with E-state index >= 15 is 0 Å². The number of thiazole rings is 1. The minimum atomic E-state index is -0.259. The van der Waals surface area contributed by atoms with Gasteiger partial charge in [-0.2, -0.15) is 5.10 Å². The number of aryl methyl sites for hydroxylation is 2. The SMILES string of the molecule is Cc1ccc(OCC(=O)NCCn2nc(-c3sc(-c4ccccc4)nc3C)ccc2=O)cc1. The number of benzene rings is 2. The van der Waals surface area contributed by atoms with Gasteiger partial charge in [-0.3, -0.25) is 9.59 Å². The number of ether oxygens (including phenoxy) is 1. The number of hydrogen-bond donors (Lipinski definition) is 1. The maximum atomic E-state index is 12.3. The largest absolute Gasteiger partial charge is 0.484 e. The number of aromatic nitrogens is 3. The molecule has 168 valence electrons. The van der Waals surface area contributed by atoms with E-state index < -0.39 is 0 Å². The topological polar surface area (TPSA) is 86.1 Å². The fraction of sp³-hybridized carbons (Fsp3) is 0.200. The molecule has 33 heavy (non-hydrogen) atoms. The molecule has 7 nitrogen and oxygen atoms in total. The molecule has 4 rings (SSSR count). The van der Waals surface area contributed by atoms with Gasteiger partial charge in [0.25, 0.3) is 11.5 Å². The van der Waals surface area contributed by atoms with Crippen molar-refractivity contribution in [2.24, 2.45) is 0 Å². The Bertz CT molecular complexity index is 1300. The smallest absolute Gasteiger partial charge is 0.266 e. The summed E-state index contributed by atoms with van der Waals surface area (Å²) in [6.07, 6.45) is 0. The van der Waals surface area contributed by atoms with Gasteiger partial charge < -0.3 is 10.1 Å². The van der Waals surface area contributed by atoms with Crippen molar-refractivity contribution in [2.75, 3.05) is 13.2 Å². The highest BCUT2D eigenvalue weighted by Gasteiger charge is 2.14. The van der Waals surface area contributed by atoms with Crippen molar-refractivity contribution in [3.63, 3.8) is 0 Å². The highest BCUT2D eigenvalue weighted by molar-refractivity contribution is 7.18. The quantitative estimate of drug-likeness (QED) is 0.432. The van der Waals surface area contributed by atoms with Gasteiger partial charge >= 0.3 is 0 Å². The Balaban J connectivity index is 1.38. The summed E-state index contributed by atoms with van der Waals surface area (Å²) in [6.45, 7) is 4.35. The molecule has 0 spiro atoms. The number of carbonyl (C=O) groups is 1. The average Bonchev–Trinajstić information content (AvgIpc) is 3.22. The van der Waals surface area contributed by atoms with E-state index in [0.29, 0.717) is 11.4 Å². The molecular formula is C25H24N4O3S. The first-order chi connectivity index (χ1) is 16.0. The van der Waals surface area contributed by atoms with Crippen LogP contribution >= 0.6 is 11.3 Å². The van der Waals surface area contributed by atoms with Crippen LogP contribution in [0.25, 0.3) is 21.1 Å². The Morgan fingerprint density at radius 3 is 2.55 bits per heavy atom. The van der Waals surface area contributed by atoms with Crippen LogP contribution in [0, 0.1) is 13.8 Å². The molecule has 0 fully saturated rings. The van der Waals surface area contributed by atoms with E-state index in [4.69, 9.17) is 4.74 Å². The summed E-state index contributed by atoms with van der Waals surface area (Å²) in [5.41, 5.74) is 3.48. The third-order valence-electron chi connectivity index (χ3n) is 4.95. The molecule has 0 atom stereocenters. The second-order valence-electron chi connectivity index (χ2n) is 7.53. The predicted octanol–water partition coefficient (Wildman–Crippen LogP) is 3.85. The number of nitrogens with zero attached hydrogens (tertiary/aromatic N) is 3. The van der Waals surface area contributed by atoms with Crippen LogP contribution in [0.5, 0.6) is 5.75 Å². The molecule has 0 bridgehead atoms. The zero-order chi connectivity index (χ0) is 23.2. The lowest BCUT2D eigenvalue weighted by Gasteiger charge is -2.09. The number of carbonyl (C=O) groups excluding carboxylic acids is 1. The third kappa shape index (κ3) is 5.72. The van der Waals surface area contributed by atoms with Crippen LogP contribution in [-0.4, -0.2) is 33.8 Å².